The topological polar surface area (TPSA) is 58.4 Å². The fourth-order valence-corrected chi connectivity index (χ4v) is 2.16. The first-order chi connectivity index (χ1) is 10.5. The maximum absolute atomic E-state index is 12.3. The Kier molecular flexibility index (Phi) is 5.33. The molecule has 2 rings (SSSR count). The van der Waals surface area contributed by atoms with Gasteiger partial charge >= 0.3 is 0 Å². The quantitative estimate of drug-likeness (QED) is 0.891. The average molecular weight is 301 g/mol. The van der Waals surface area contributed by atoms with E-state index in [1.807, 2.05) is 56.1 Å². The Morgan fingerprint density at radius 1 is 1.36 bits per heavy atom. The number of nitrogens with zero attached hydrogens (tertiary/aromatic N) is 2. The lowest BCUT2D eigenvalue weighted by Gasteiger charge is -2.22. The van der Waals surface area contributed by atoms with Crippen LogP contribution in [0, 0.1) is 6.92 Å². The first-order valence-electron chi connectivity index (χ1n) is 7.52. The molecule has 5 nitrogen and oxygen atoms in total. The maximum atomic E-state index is 12.3. The SMILES string of the molecule is CCc1ccc(NC(=O)C(C)N(C)Cc2cc(C)on2)cc1. The van der Waals surface area contributed by atoms with Gasteiger partial charge in [-0.05, 0) is 45.0 Å². The number of nitrogens with one attached hydrogen (secondary N) is 1. The second kappa shape index (κ2) is 7.22. The number of hydrogen-bond acceptors (Lipinski definition) is 4. The molecule has 0 saturated carbocycles. The summed E-state index contributed by atoms with van der Waals surface area (Å²) in [5, 5.41) is 6.89. The highest BCUT2D eigenvalue weighted by Crippen LogP contribution is 2.12. The third-order valence-corrected chi connectivity index (χ3v) is 3.76. The molecule has 0 aliphatic carbocycles. The van der Waals surface area contributed by atoms with Gasteiger partial charge in [0.1, 0.15) is 5.76 Å². The first-order valence-corrected chi connectivity index (χ1v) is 7.52. The maximum Gasteiger partial charge on any atom is 0.241 e. The van der Waals surface area contributed by atoms with Crippen molar-refractivity contribution in [3.05, 3.63) is 47.3 Å². The van der Waals surface area contributed by atoms with E-state index in [9.17, 15) is 4.79 Å². The molecule has 0 spiro atoms. The Balaban J connectivity index is 1.92. The molecule has 0 aliphatic heterocycles. The van der Waals surface area contributed by atoms with Crippen molar-refractivity contribution >= 4 is 11.6 Å². The Morgan fingerprint density at radius 3 is 2.59 bits per heavy atom. The van der Waals surface area contributed by atoms with Crippen LogP contribution < -0.4 is 5.32 Å². The van der Waals surface area contributed by atoms with E-state index in [0.717, 1.165) is 23.6 Å². The van der Waals surface area contributed by atoms with Gasteiger partial charge in [-0.1, -0.05) is 24.2 Å². The molecule has 0 radical (unpaired) electrons. The second-order valence-corrected chi connectivity index (χ2v) is 5.56. The largest absolute Gasteiger partial charge is 0.361 e. The minimum Gasteiger partial charge on any atom is -0.361 e. The van der Waals surface area contributed by atoms with E-state index in [1.54, 1.807) is 0 Å². The Labute approximate surface area is 131 Å². The van der Waals surface area contributed by atoms with Crippen LogP contribution in [0.25, 0.3) is 0 Å². The lowest BCUT2D eigenvalue weighted by atomic mass is 10.1. The standard InChI is InChI=1S/C17H23N3O2/c1-5-14-6-8-15(9-7-14)18-17(21)13(3)20(4)11-16-10-12(2)22-19-16/h6-10,13H,5,11H2,1-4H3,(H,18,21). The molecule has 1 aromatic heterocycles. The van der Waals surface area contributed by atoms with Crippen LogP contribution in [0.3, 0.4) is 0 Å². The van der Waals surface area contributed by atoms with E-state index < -0.39 is 0 Å². The molecular formula is C17H23N3O2. The van der Waals surface area contributed by atoms with Crippen molar-refractivity contribution in [2.24, 2.45) is 0 Å². The van der Waals surface area contributed by atoms with E-state index in [1.165, 1.54) is 5.56 Å². The molecule has 22 heavy (non-hydrogen) atoms. The number of anilines is 1. The van der Waals surface area contributed by atoms with Gasteiger partial charge in [0.2, 0.25) is 5.91 Å². The Bertz CT molecular complexity index is 619. The molecule has 0 bridgehead atoms. The molecule has 0 aliphatic rings. The molecule has 2 aromatic rings. The molecule has 1 unspecified atom stereocenters. The van der Waals surface area contributed by atoms with Crippen molar-refractivity contribution in [1.29, 1.82) is 0 Å². The molecule has 1 heterocycles. The number of carbonyl (C=O) groups excluding carboxylic acids is 1. The van der Waals surface area contributed by atoms with E-state index in [4.69, 9.17) is 4.52 Å². The van der Waals surface area contributed by atoms with Crippen LogP contribution in [0.5, 0.6) is 0 Å². The molecule has 5 heteroatoms. The lowest BCUT2D eigenvalue weighted by Crippen LogP contribution is -2.39. The predicted octanol–water partition coefficient (Wildman–Crippen LogP) is 3.00. The fraction of sp³-hybridized carbons (Fsp3) is 0.412. The van der Waals surface area contributed by atoms with Crippen LogP contribution >= 0.6 is 0 Å². The first kappa shape index (κ1) is 16.2. The molecule has 1 atom stereocenters. The number of likely N-dealkylation sites (N-methyl/N-ethyl adjacent to an activating group) is 1. The molecule has 1 aromatic carbocycles. The number of amides is 1. The highest BCUT2D eigenvalue weighted by Gasteiger charge is 2.19. The summed E-state index contributed by atoms with van der Waals surface area (Å²) in [7, 11) is 1.90. The fourth-order valence-electron chi connectivity index (χ4n) is 2.16. The summed E-state index contributed by atoms with van der Waals surface area (Å²) in [6.07, 6.45) is 0.991. The summed E-state index contributed by atoms with van der Waals surface area (Å²) in [5.74, 6) is 0.739. The van der Waals surface area contributed by atoms with Crippen LogP contribution in [-0.4, -0.2) is 29.1 Å². The average Bonchev–Trinajstić information content (AvgIpc) is 2.92. The summed E-state index contributed by atoms with van der Waals surface area (Å²) < 4.78 is 5.05. The van der Waals surface area contributed by atoms with E-state index in [-0.39, 0.29) is 11.9 Å². The highest BCUT2D eigenvalue weighted by atomic mass is 16.5. The molecule has 1 N–H and O–H groups in total. The minimum atomic E-state index is -0.261. The number of benzene rings is 1. The van der Waals surface area contributed by atoms with Crippen molar-refractivity contribution in [3.63, 3.8) is 0 Å². The second-order valence-electron chi connectivity index (χ2n) is 5.56. The highest BCUT2D eigenvalue weighted by molar-refractivity contribution is 5.94. The Hall–Kier alpha value is -2.14. The summed E-state index contributed by atoms with van der Waals surface area (Å²) in [5.41, 5.74) is 2.90. The van der Waals surface area contributed by atoms with Gasteiger partial charge < -0.3 is 9.84 Å². The van der Waals surface area contributed by atoms with Crippen molar-refractivity contribution in [1.82, 2.24) is 10.1 Å². The van der Waals surface area contributed by atoms with Crippen LogP contribution in [0.2, 0.25) is 0 Å². The van der Waals surface area contributed by atoms with E-state index in [2.05, 4.69) is 17.4 Å². The van der Waals surface area contributed by atoms with Crippen LogP contribution in [0.1, 0.15) is 30.9 Å². The minimum absolute atomic E-state index is 0.0352. The molecule has 0 fully saturated rings. The number of aryl methyl sites for hydroxylation is 2. The van der Waals surface area contributed by atoms with Crippen LogP contribution in [0.4, 0.5) is 5.69 Å². The van der Waals surface area contributed by atoms with Crippen LogP contribution in [-0.2, 0) is 17.8 Å². The zero-order valence-electron chi connectivity index (χ0n) is 13.6. The number of hydrogen-bond donors (Lipinski definition) is 1. The van der Waals surface area contributed by atoms with E-state index in [0.29, 0.717) is 6.54 Å². The smallest absolute Gasteiger partial charge is 0.241 e. The van der Waals surface area contributed by atoms with Gasteiger partial charge in [-0.2, -0.15) is 0 Å². The van der Waals surface area contributed by atoms with Gasteiger partial charge in [-0.3, -0.25) is 9.69 Å². The van der Waals surface area contributed by atoms with Gasteiger partial charge in [-0.25, -0.2) is 0 Å². The molecule has 118 valence electrons. The van der Waals surface area contributed by atoms with Gasteiger partial charge in [0.05, 0.1) is 11.7 Å². The molecule has 0 saturated heterocycles. The summed E-state index contributed by atoms with van der Waals surface area (Å²) in [4.78, 5) is 14.2. The van der Waals surface area contributed by atoms with E-state index >= 15 is 0 Å². The summed E-state index contributed by atoms with van der Waals surface area (Å²) in [6, 6.07) is 9.55. The Morgan fingerprint density at radius 2 is 2.05 bits per heavy atom. The van der Waals surface area contributed by atoms with Crippen LogP contribution in [0.15, 0.2) is 34.9 Å². The van der Waals surface area contributed by atoms with Gasteiger partial charge in [0, 0.05) is 18.3 Å². The monoisotopic (exact) mass is 301 g/mol. The van der Waals surface area contributed by atoms with Gasteiger partial charge in [-0.15, -0.1) is 0 Å². The van der Waals surface area contributed by atoms with Gasteiger partial charge in [0.25, 0.3) is 0 Å². The zero-order valence-corrected chi connectivity index (χ0v) is 13.6. The van der Waals surface area contributed by atoms with Crippen molar-refractivity contribution in [3.8, 4) is 0 Å². The lowest BCUT2D eigenvalue weighted by molar-refractivity contribution is -0.120. The van der Waals surface area contributed by atoms with Crippen molar-refractivity contribution < 1.29 is 9.32 Å². The van der Waals surface area contributed by atoms with Crippen molar-refractivity contribution in [2.45, 2.75) is 39.8 Å². The predicted molar refractivity (Wildman–Crippen MR) is 86.6 cm³/mol. The summed E-state index contributed by atoms with van der Waals surface area (Å²) in [6.45, 7) is 6.41. The molecular weight excluding hydrogens is 278 g/mol. The number of carbonyl (C=O) groups is 1. The van der Waals surface area contributed by atoms with Crippen molar-refractivity contribution in [2.75, 3.05) is 12.4 Å². The number of rotatable bonds is 6. The zero-order chi connectivity index (χ0) is 16.1. The molecule has 1 amide bonds. The normalized spacial score (nSPS) is 12.4. The summed E-state index contributed by atoms with van der Waals surface area (Å²) >= 11 is 0. The van der Waals surface area contributed by atoms with Gasteiger partial charge in [0.15, 0.2) is 0 Å². The third-order valence-electron chi connectivity index (χ3n) is 3.76. The third kappa shape index (κ3) is 4.18. The number of aromatic nitrogens is 1.